The van der Waals surface area contributed by atoms with Gasteiger partial charge in [-0.15, -0.1) is 0 Å². The summed E-state index contributed by atoms with van der Waals surface area (Å²) in [6, 6.07) is 9.21. The number of fused-ring (bicyclic) bond motifs is 1. The van der Waals surface area contributed by atoms with Gasteiger partial charge in [-0.1, -0.05) is 13.8 Å². The molecular weight excluding hydrogens is 344 g/mol. The van der Waals surface area contributed by atoms with Gasteiger partial charge in [-0.25, -0.2) is 4.98 Å². The van der Waals surface area contributed by atoms with Crippen LogP contribution in [0.15, 0.2) is 41.0 Å². The Morgan fingerprint density at radius 3 is 3.00 bits per heavy atom. The number of nitrogens with zero attached hydrogens (tertiary/aromatic N) is 2. The molecule has 7 nitrogen and oxygen atoms in total. The number of aromatic amines is 1. The first-order valence-electron chi connectivity index (χ1n) is 9.10. The molecule has 1 unspecified atom stereocenters. The van der Waals surface area contributed by atoms with Crippen LogP contribution in [-0.2, 0) is 16.1 Å². The molecule has 2 N–H and O–H groups in total. The lowest BCUT2D eigenvalue weighted by Crippen LogP contribution is -2.27. The van der Waals surface area contributed by atoms with Crippen LogP contribution in [0.5, 0.6) is 0 Å². The average Bonchev–Trinajstić information content (AvgIpc) is 3.35. The van der Waals surface area contributed by atoms with Crippen molar-refractivity contribution in [3.05, 3.63) is 48.2 Å². The van der Waals surface area contributed by atoms with Crippen LogP contribution in [0.3, 0.4) is 0 Å². The molecule has 2 aromatic heterocycles. The molecule has 0 spiro atoms. The predicted molar refractivity (Wildman–Crippen MR) is 101 cm³/mol. The highest BCUT2D eigenvalue weighted by Gasteiger charge is 2.34. The van der Waals surface area contributed by atoms with E-state index < -0.39 is 0 Å². The van der Waals surface area contributed by atoms with E-state index in [1.165, 1.54) is 0 Å². The standard InChI is InChI=1S/C20H22N4O3/c1-12(2)19-22-16-6-5-14(9-17(16)23-19)21-20(26)13-8-18(25)24(10-13)11-15-4-3-7-27-15/h3-7,9,12-13H,8,10-11H2,1-2H3,(H,21,26)(H,22,23). The summed E-state index contributed by atoms with van der Waals surface area (Å²) >= 11 is 0. The van der Waals surface area contributed by atoms with Gasteiger partial charge in [0.15, 0.2) is 0 Å². The molecule has 1 aromatic carbocycles. The van der Waals surface area contributed by atoms with Crippen LogP contribution in [0.4, 0.5) is 5.69 Å². The maximum atomic E-state index is 12.6. The number of amides is 2. The number of furan rings is 1. The third-order valence-corrected chi connectivity index (χ3v) is 4.83. The number of rotatable bonds is 5. The molecule has 1 aliphatic heterocycles. The largest absolute Gasteiger partial charge is 0.467 e. The SMILES string of the molecule is CC(C)c1nc2ccc(NC(=O)C3CC(=O)N(Cc4ccco4)C3)cc2[nH]1. The summed E-state index contributed by atoms with van der Waals surface area (Å²) in [5.41, 5.74) is 2.46. The number of carbonyl (C=O) groups is 2. The molecule has 2 amide bonds. The second-order valence-corrected chi connectivity index (χ2v) is 7.25. The lowest BCUT2D eigenvalue weighted by atomic mass is 10.1. The number of carbonyl (C=O) groups excluding carboxylic acids is 2. The first kappa shape index (κ1) is 17.3. The Bertz CT molecular complexity index is 974. The Labute approximate surface area is 156 Å². The van der Waals surface area contributed by atoms with Gasteiger partial charge in [0.1, 0.15) is 11.6 Å². The third kappa shape index (κ3) is 3.58. The van der Waals surface area contributed by atoms with Crippen molar-refractivity contribution < 1.29 is 14.0 Å². The number of aromatic nitrogens is 2. The normalized spacial score (nSPS) is 17.2. The highest BCUT2D eigenvalue weighted by atomic mass is 16.3. The molecule has 0 saturated carbocycles. The van der Waals surface area contributed by atoms with Crippen molar-refractivity contribution in [2.45, 2.75) is 32.7 Å². The van der Waals surface area contributed by atoms with E-state index in [-0.39, 0.29) is 24.2 Å². The smallest absolute Gasteiger partial charge is 0.229 e. The molecule has 140 valence electrons. The van der Waals surface area contributed by atoms with Crippen LogP contribution in [0.2, 0.25) is 0 Å². The van der Waals surface area contributed by atoms with E-state index in [9.17, 15) is 9.59 Å². The summed E-state index contributed by atoms with van der Waals surface area (Å²) in [6.45, 7) is 4.95. The first-order valence-corrected chi connectivity index (χ1v) is 9.10. The monoisotopic (exact) mass is 366 g/mol. The van der Waals surface area contributed by atoms with Crippen LogP contribution in [0.25, 0.3) is 11.0 Å². The molecule has 1 saturated heterocycles. The van der Waals surface area contributed by atoms with Crippen LogP contribution in [0.1, 0.15) is 37.8 Å². The molecule has 7 heteroatoms. The minimum Gasteiger partial charge on any atom is -0.467 e. The summed E-state index contributed by atoms with van der Waals surface area (Å²) in [6.07, 6.45) is 1.80. The maximum Gasteiger partial charge on any atom is 0.229 e. The van der Waals surface area contributed by atoms with Crippen LogP contribution >= 0.6 is 0 Å². The van der Waals surface area contributed by atoms with E-state index in [1.54, 1.807) is 17.2 Å². The van der Waals surface area contributed by atoms with Gasteiger partial charge >= 0.3 is 0 Å². The molecule has 1 aliphatic rings. The van der Waals surface area contributed by atoms with Gasteiger partial charge < -0.3 is 19.6 Å². The highest BCUT2D eigenvalue weighted by Crippen LogP contribution is 2.24. The van der Waals surface area contributed by atoms with Gasteiger partial charge in [0.25, 0.3) is 0 Å². The fourth-order valence-electron chi connectivity index (χ4n) is 3.32. The molecule has 0 bridgehead atoms. The van der Waals surface area contributed by atoms with Gasteiger partial charge in [-0.3, -0.25) is 9.59 Å². The summed E-state index contributed by atoms with van der Waals surface area (Å²) in [4.78, 5) is 34.3. The molecule has 3 aromatic rings. The van der Waals surface area contributed by atoms with Crippen molar-refractivity contribution in [1.82, 2.24) is 14.9 Å². The lowest BCUT2D eigenvalue weighted by molar-refractivity contribution is -0.128. The van der Waals surface area contributed by atoms with E-state index in [4.69, 9.17) is 4.42 Å². The zero-order valence-corrected chi connectivity index (χ0v) is 15.4. The molecule has 1 fully saturated rings. The number of anilines is 1. The van der Waals surface area contributed by atoms with E-state index in [0.717, 1.165) is 22.6 Å². The van der Waals surface area contributed by atoms with Crippen molar-refractivity contribution in [3.63, 3.8) is 0 Å². The van der Waals surface area contributed by atoms with Gasteiger partial charge in [0.05, 0.1) is 29.8 Å². The zero-order valence-electron chi connectivity index (χ0n) is 15.4. The number of hydrogen-bond acceptors (Lipinski definition) is 4. The van der Waals surface area contributed by atoms with Crippen molar-refractivity contribution in [2.24, 2.45) is 5.92 Å². The van der Waals surface area contributed by atoms with E-state index in [2.05, 4.69) is 29.1 Å². The maximum absolute atomic E-state index is 12.6. The number of imidazole rings is 1. The summed E-state index contributed by atoms with van der Waals surface area (Å²) in [7, 11) is 0. The summed E-state index contributed by atoms with van der Waals surface area (Å²) < 4.78 is 5.29. The fraction of sp³-hybridized carbons (Fsp3) is 0.350. The molecule has 1 atom stereocenters. The van der Waals surface area contributed by atoms with E-state index >= 15 is 0 Å². The molecule has 0 radical (unpaired) electrons. The molecule has 4 rings (SSSR count). The Morgan fingerprint density at radius 2 is 2.26 bits per heavy atom. The van der Waals surface area contributed by atoms with Crippen molar-refractivity contribution >= 4 is 28.5 Å². The second kappa shape index (κ2) is 6.90. The predicted octanol–water partition coefficient (Wildman–Crippen LogP) is 3.27. The van der Waals surface area contributed by atoms with Crippen LogP contribution < -0.4 is 5.32 Å². The van der Waals surface area contributed by atoms with Crippen molar-refractivity contribution in [3.8, 4) is 0 Å². The average molecular weight is 366 g/mol. The van der Waals surface area contributed by atoms with Crippen molar-refractivity contribution in [2.75, 3.05) is 11.9 Å². The second-order valence-electron chi connectivity index (χ2n) is 7.25. The molecular formula is C20H22N4O3. The minimum absolute atomic E-state index is 0.0304. The zero-order chi connectivity index (χ0) is 19.0. The van der Waals surface area contributed by atoms with Gasteiger partial charge in [0, 0.05) is 24.6 Å². The molecule has 27 heavy (non-hydrogen) atoms. The number of likely N-dealkylation sites (tertiary alicyclic amines) is 1. The Balaban J connectivity index is 1.43. The molecule has 3 heterocycles. The molecule has 0 aliphatic carbocycles. The number of hydrogen-bond donors (Lipinski definition) is 2. The number of benzene rings is 1. The quantitative estimate of drug-likeness (QED) is 0.725. The first-order chi connectivity index (χ1) is 13.0. The van der Waals surface area contributed by atoms with E-state index in [1.807, 2.05) is 24.3 Å². The summed E-state index contributed by atoms with van der Waals surface area (Å²) in [5.74, 6) is 1.40. The van der Waals surface area contributed by atoms with Crippen LogP contribution in [-0.4, -0.2) is 33.2 Å². The number of H-pyrrole nitrogens is 1. The third-order valence-electron chi connectivity index (χ3n) is 4.83. The minimum atomic E-state index is -0.365. The van der Waals surface area contributed by atoms with Gasteiger partial charge in [-0.05, 0) is 30.3 Å². The lowest BCUT2D eigenvalue weighted by Gasteiger charge is -2.15. The Hall–Kier alpha value is -3.09. The summed E-state index contributed by atoms with van der Waals surface area (Å²) in [5, 5.41) is 2.93. The van der Waals surface area contributed by atoms with Gasteiger partial charge in [0.2, 0.25) is 11.8 Å². The van der Waals surface area contributed by atoms with E-state index in [0.29, 0.717) is 24.7 Å². The van der Waals surface area contributed by atoms with Crippen molar-refractivity contribution in [1.29, 1.82) is 0 Å². The Kier molecular flexibility index (Phi) is 4.43. The number of nitrogens with one attached hydrogen (secondary N) is 2. The van der Waals surface area contributed by atoms with Gasteiger partial charge in [-0.2, -0.15) is 0 Å². The fourth-order valence-corrected chi connectivity index (χ4v) is 3.32. The highest BCUT2D eigenvalue weighted by molar-refractivity contribution is 5.98. The topological polar surface area (TPSA) is 91.2 Å². The Morgan fingerprint density at radius 1 is 1.41 bits per heavy atom. The van der Waals surface area contributed by atoms with Crippen LogP contribution in [0, 0.1) is 5.92 Å².